The number of benzene rings is 2. The first kappa shape index (κ1) is 16.4. The molecule has 0 heterocycles. The van der Waals surface area contributed by atoms with Crippen LogP contribution in [0.25, 0.3) is 0 Å². The van der Waals surface area contributed by atoms with E-state index in [1.165, 1.54) is 11.1 Å². The molecule has 0 unspecified atom stereocenters. The lowest BCUT2D eigenvalue weighted by atomic mass is 10.1. The summed E-state index contributed by atoms with van der Waals surface area (Å²) >= 11 is 0. The van der Waals surface area contributed by atoms with Crippen molar-refractivity contribution in [3.8, 4) is 11.5 Å². The summed E-state index contributed by atoms with van der Waals surface area (Å²) in [7, 11) is 1.68. The van der Waals surface area contributed by atoms with Crippen molar-refractivity contribution in [2.45, 2.75) is 26.9 Å². The van der Waals surface area contributed by atoms with E-state index in [4.69, 9.17) is 9.47 Å². The van der Waals surface area contributed by atoms with Crippen LogP contribution in [-0.4, -0.2) is 13.7 Å². The molecule has 3 nitrogen and oxygen atoms in total. The monoisotopic (exact) mass is 299 g/mol. The van der Waals surface area contributed by atoms with Gasteiger partial charge in [0, 0.05) is 18.7 Å². The zero-order chi connectivity index (χ0) is 15.8. The van der Waals surface area contributed by atoms with Crippen LogP contribution in [-0.2, 0) is 13.1 Å². The van der Waals surface area contributed by atoms with E-state index < -0.39 is 0 Å². The molecule has 3 heteroatoms. The predicted molar refractivity (Wildman–Crippen MR) is 90.3 cm³/mol. The number of hydrogen-bond acceptors (Lipinski definition) is 3. The number of ether oxygens (including phenoxy) is 2. The Labute approximate surface area is 133 Å². The summed E-state index contributed by atoms with van der Waals surface area (Å²) < 4.78 is 11.0. The van der Waals surface area contributed by atoms with Crippen molar-refractivity contribution < 1.29 is 9.47 Å². The van der Waals surface area contributed by atoms with Gasteiger partial charge in [-0.05, 0) is 29.7 Å². The second-order valence-corrected chi connectivity index (χ2v) is 5.76. The van der Waals surface area contributed by atoms with Crippen molar-refractivity contribution in [1.82, 2.24) is 5.32 Å². The van der Waals surface area contributed by atoms with Crippen LogP contribution in [0.15, 0.2) is 48.5 Å². The summed E-state index contributed by atoms with van der Waals surface area (Å²) in [5.41, 5.74) is 2.43. The van der Waals surface area contributed by atoms with E-state index in [0.29, 0.717) is 5.92 Å². The minimum atomic E-state index is 0.528. The molecule has 118 valence electrons. The Morgan fingerprint density at radius 3 is 2.36 bits per heavy atom. The third-order valence-electron chi connectivity index (χ3n) is 3.35. The summed E-state index contributed by atoms with van der Waals surface area (Å²) in [6.07, 6.45) is 0. The third-order valence-corrected chi connectivity index (χ3v) is 3.35. The van der Waals surface area contributed by atoms with Gasteiger partial charge >= 0.3 is 0 Å². The molecule has 22 heavy (non-hydrogen) atoms. The number of hydrogen-bond donors (Lipinski definition) is 1. The predicted octanol–water partition coefficient (Wildman–Crippen LogP) is 4.02. The maximum atomic E-state index is 5.88. The minimum absolute atomic E-state index is 0.528. The van der Waals surface area contributed by atoms with Crippen molar-refractivity contribution in [3.63, 3.8) is 0 Å². The van der Waals surface area contributed by atoms with Gasteiger partial charge in [-0.2, -0.15) is 0 Å². The van der Waals surface area contributed by atoms with Gasteiger partial charge in [-0.3, -0.25) is 0 Å². The standard InChI is InChI=1S/C19H25NO2/c1-15(2)14-22-19-7-5-4-6-17(19)13-20-12-16-8-10-18(21-3)11-9-16/h4-11,15,20H,12-14H2,1-3H3. The molecule has 2 aromatic carbocycles. The average Bonchev–Trinajstić information content (AvgIpc) is 2.54. The highest BCUT2D eigenvalue weighted by molar-refractivity contribution is 5.33. The van der Waals surface area contributed by atoms with Crippen molar-refractivity contribution in [3.05, 3.63) is 59.7 Å². The van der Waals surface area contributed by atoms with Crippen LogP contribution in [0.4, 0.5) is 0 Å². The summed E-state index contributed by atoms with van der Waals surface area (Å²) in [4.78, 5) is 0. The molecule has 0 saturated carbocycles. The van der Waals surface area contributed by atoms with Gasteiger partial charge in [-0.25, -0.2) is 0 Å². The van der Waals surface area contributed by atoms with Crippen LogP contribution in [0.3, 0.4) is 0 Å². The van der Waals surface area contributed by atoms with Gasteiger partial charge in [-0.15, -0.1) is 0 Å². The zero-order valence-corrected chi connectivity index (χ0v) is 13.6. The molecule has 0 aliphatic heterocycles. The molecule has 2 rings (SSSR count). The van der Waals surface area contributed by atoms with E-state index in [1.54, 1.807) is 7.11 Å². The first-order chi connectivity index (χ1) is 10.7. The molecular weight excluding hydrogens is 274 g/mol. The first-order valence-electron chi connectivity index (χ1n) is 7.73. The van der Waals surface area contributed by atoms with Crippen molar-refractivity contribution >= 4 is 0 Å². The Hall–Kier alpha value is -2.00. The van der Waals surface area contributed by atoms with Crippen molar-refractivity contribution in [2.24, 2.45) is 5.92 Å². The summed E-state index contributed by atoms with van der Waals surface area (Å²) in [5, 5.41) is 3.46. The quantitative estimate of drug-likeness (QED) is 0.798. The topological polar surface area (TPSA) is 30.5 Å². The first-order valence-corrected chi connectivity index (χ1v) is 7.73. The van der Waals surface area contributed by atoms with Gasteiger partial charge in [0.25, 0.3) is 0 Å². The Morgan fingerprint density at radius 1 is 0.955 bits per heavy atom. The van der Waals surface area contributed by atoms with Gasteiger partial charge in [-0.1, -0.05) is 44.2 Å². The normalized spacial score (nSPS) is 10.7. The Balaban J connectivity index is 1.88. The van der Waals surface area contributed by atoms with Crippen LogP contribution >= 0.6 is 0 Å². The molecule has 0 aliphatic rings. The van der Waals surface area contributed by atoms with Crippen molar-refractivity contribution in [2.75, 3.05) is 13.7 Å². The maximum absolute atomic E-state index is 5.88. The smallest absolute Gasteiger partial charge is 0.123 e. The van der Waals surface area contributed by atoms with Crippen LogP contribution in [0.1, 0.15) is 25.0 Å². The molecule has 1 N–H and O–H groups in total. The molecule has 2 aromatic rings. The summed E-state index contributed by atoms with van der Waals surface area (Å²) in [6.45, 7) is 6.67. The second-order valence-electron chi connectivity index (χ2n) is 5.76. The highest BCUT2D eigenvalue weighted by Gasteiger charge is 2.04. The number of rotatable bonds is 8. The number of nitrogens with one attached hydrogen (secondary N) is 1. The highest BCUT2D eigenvalue weighted by atomic mass is 16.5. The van der Waals surface area contributed by atoms with Crippen LogP contribution in [0.5, 0.6) is 11.5 Å². The lowest BCUT2D eigenvalue weighted by Gasteiger charge is -2.13. The van der Waals surface area contributed by atoms with Crippen molar-refractivity contribution in [1.29, 1.82) is 0 Å². The Bertz CT molecular complexity index is 564. The van der Waals surface area contributed by atoms with Gasteiger partial charge in [0.1, 0.15) is 11.5 Å². The van der Waals surface area contributed by atoms with E-state index in [1.807, 2.05) is 30.3 Å². The van der Waals surface area contributed by atoms with Gasteiger partial charge in [0.2, 0.25) is 0 Å². The molecule has 0 saturated heterocycles. The van der Waals surface area contributed by atoms with Gasteiger partial charge < -0.3 is 14.8 Å². The highest BCUT2D eigenvalue weighted by Crippen LogP contribution is 2.19. The molecule has 0 amide bonds. The van der Waals surface area contributed by atoms with Gasteiger partial charge in [0.15, 0.2) is 0 Å². The molecule has 0 fully saturated rings. The van der Waals surface area contributed by atoms with Crippen LogP contribution < -0.4 is 14.8 Å². The SMILES string of the molecule is COc1ccc(CNCc2ccccc2OCC(C)C)cc1. The lowest BCUT2D eigenvalue weighted by Crippen LogP contribution is -2.14. The zero-order valence-electron chi connectivity index (χ0n) is 13.6. The Morgan fingerprint density at radius 2 is 1.68 bits per heavy atom. The molecule has 0 aromatic heterocycles. The molecule has 0 radical (unpaired) electrons. The van der Waals surface area contributed by atoms with Gasteiger partial charge in [0.05, 0.1) is 13.7 Å². The lowest BCUT2D eigenvalue weighted by molar-refractivity contribution is 0.268. The fourth-order valence-corrected chi connectivity index (χ4v) is 2.13. The van der Waals surface area contributed by atoms with Crippen LogP contribution in [0, 0.1) is 5.92 Å². The fourth-order valence-electron chi connectivity index (χ4n) is 2.13. The Kier molecular flexibility index (Phi) is 6.28. The largest absolute Gasteiger partial charge is 0.497 e. The molecule has 0 aliphatic carbocycles. The van der Waals surface area contributed by atoms with E-state index in [0.717, 1.165) is 31.2 Å². The maximum Gasteiger partial charge on any atom is 0.123 e. The summed E-state index contributed by atoms with van der Waals surface area (Å²) in [6, 6.07) is 16.3. The molecular formula is C19H25NO2. The van der Waals surface area contributed by atoms with E-state index in [2.05, 4.69) is 37.4 Å². The molecule has 0 atom stereocenters. The van der Waals surface area contributed by atoms with Crippen LogP contribution in [0.2, 0.25) is 0 Å². The fraction of sp³-hybridized carbons (Fsp3) is 0.368. The van der Waals surface area contributed by atoms with E-state index in [-0.39, 0.29) is 0 Å². The van der Waals surface area contributed by atoms with E-state index in [9.17, 15) is 0 Å². The number of para-hydroxylation sites is 1. The average molecular weight is 299 g/mol. The second kappa shape index (κ2) is 8.44. The molecule has 0 spiro atoms. The minimum Gasteiger partial charge on any atom is -0.497 e. The third kappa shape index (κ3) is 5.08. The summed E-state index contributed by atoms with van der Waals surface area (Å²) in [5.74, 6) is 2.38. The number of methoxy groups -OCH3 is 1. The van der Waals surface area contributed by atoms with E-state index >= 15 is 0 Å². The molecule has 0 bridgehead atoms.